The van der Waals surface area contributed by atoms with Gasteiger partial charge in [0.2, 0.25) is 17.0 Å². The van der Waals surface area contributed by atoms with Gasteiger partial charge in [-0.2, -0.15) is 4.31 Å². The predicted octanol–water partition coefficient (Wildman–Crippen LogP) is 4.27. The minimum Gasteiger partial charge on any atom is -0.491 e. The van der Waals surface area contributed by atoms with Crippen LogP contribution in [-0.4, -0.2) is 55.2 Å². The average molecular weight is 556 g/mol. The first-order valence-corrected chi connectivity index (χ1v) is 13.0. The number of benzene rings is 2. The van der Waals surface area contributed by atoms with Gasteiger partial charge in [0.1, 0.15) is 29.5 Å². The Morgan fingerprint density at radius 2 is 1.90 bits per heavy atom. The number of aromatic carboxylic acids is 1. The molecule has 0 radical (unpaired) electrons. The molecule has 0 bridgehead atoms. The molecule has 0 spiro atoms. The molecule has 0 saturated heterocycles. The Bertz CT molecular complexity index is 1540. The fourth-order valence-corrected chi connectivity index (χ4v) is 4.57. The molecule has 3 N–H and O–H groups in total. The van der Waals surface area contributed by atoms with Crippen molar-refractivity contribution < 1.29 is 37.0 Å². The number of para-hydroxylation sites is 1. The number of aryl methyl sites for hydroxylation is 1. The number of hydrogen-bond donors (Lipinski definition) is 3. The van der Waals surface area contributed by atoms with Crippen LogP contribution in [0.25, 0.3) is 22.4 Å². The van der Waals surface area contributed by atoms with Gasteiger partial charge in [-0.3, -0.25) is 9.35 Å². The third kappa shape index (κ3) is 6.14. The second kappa shape index (κ2) is 12.2. The van der Waals surface area contributed by atoms with Crippen LogP contribution in [0.1, 0.15) is 38.9 Å². The molecule has 1 atom stereocenters. The maximum absolute atomic E-state index is 13.5. The van der Waals surface area contributed by atoms with E-state index in [0.717, 1.165) is 5.56 Å². The number of nitrogens with one attached hydrogen (secondary N) is 1. The SMILES string of the molecule is CCc1cc2c(C(=O)NC)c(-c3ccc(F)cc3)oc2nc1CN(CCOc1ccccc1C(=O)O)S(=O)O. The third-order valence-electron chi connectivity index (χ3n) is 6.06. The van der Waals surface area contributed by atoms with Crippen LogP contribution in [0.15, 0.2) is 59.0 Å². The number of halogens is 1. The van der Waals surface area contributed by atoms with Crippen LogP contribution in [0.2, 0.25) is 0 Å². The van der Waals surface area contributed by atoms with Gasteiger partial charge < -0.3 is 19.6 Å². The van der Waals surface area contributed by atoms with E-state index in [1.807, 2.05) is 6.92 Å². The molecule has 2 aromatic carbocycles. The van der Waals surface area contributed by atoms with Crippen molar-refractivity contribution in [2.75, 3.05) is 20.2 Å². The molecule has 1 amide bonds. The first-order chi connectivity index (χ1) is 18.7. The van der Waals surface area contributed by atoms with Crippen LogP contribution in [0.4, 0.5) is 4.39 Å². The second-order valence-corrected chi connectivity index (χ2v) is 9.41. The van der Waals surface area contributed by atoms with Crippen molar-refractivity contribution in [3.63, 3.8) is 0 Å². The van der Waals surface area contributed by atoms with Gasteiger partial charge in [-0.05, 0) is 54.4 Å². The predicted molar refractivity (Wildman–Crippen MR) is 142 cm³/mol. The Morgan fingerprint density at radius 1 is 1.18 bits per heavy atom. The van der Waals surface area contributed by atoms with Gasteiger partial charge in [-0.25, -0.2) is 18.4 Å². The Labute approximate surface area is 225 Å². The molecular formula is C27H26FN3O7S. The van der Waals surface area contributed by atoms with Crippen molar-refractivity contribution in [1.29, 1.82) is 0 Å². The number of fused-ring (bicyclic) bond motifs is 1. The molecule has 2 heterocycles. The third-order valence-corrected chi connectivity index (χ3v) is 6.81. The van der Waals surface area contributed by atoms with E-state index in [2.05, 4.69) is 10.3 Å². The molecule has 12 heteroatoms. The van der Waals surface area contributed by atoms with E-state index in [0.29, 0.717) is 23.1 Å². The monoisotopic (exact) mass is 555 g/mol. The number of carboxylic acid groups (broad SMARTS) is 1. The van der Waals surface area contributed by atoms with Gasteiger partial charge >= 0.3 is 5.97 Å². The van der Waals surface area contributed by atoms with Crippen LogP contribution in [0.5, 0.6) is 5.75 Å². The number of rotatable bonds is 11. The quantitative estimate of drug-likeness (QED) is 0.233. The molecule has 0 fully saturated rings. The summed E-state index contributed by atoms with van der Waals surface area (Å²) in [5.41, 5.74) is 2.06. The van der Waals surface area contributed by atoms with Crippen molar-refractivity contribution >= 4 is 34.2 Å². The summed E-state index contributed by atoms with van der Waals surface area (Å²) >= 11 is -2.39. The Morgan fingerprint density at radius 3 is 2.54 bits per heavy atom. The van der Waals surface area contributed by atoms with E-state index in [1.54, 1.807) is 18.2 Å². The Kier molecular flexibility index (Phi) is 8.69. The first kappa shape index (κ1) is 27.9. The van der Waals surface area contributed by atoms with Crippen LogP contribution < -0.4 is 10.1 Å². The lowest BCUT2D eigenvalue weighted by molar-refractivity contribution is 0.0691. The minimum atomic E-state index is -2.39. The highest BCUT2D eigenvalue weighted by Gasteiger charge is 2.25. The number of carbonyl (C=O) groups is 2. The van der Waals surface area contributed by atoms with Gasteiger partial charge in [0.15, 0.2) is 0 Å². The number of carbonyl (C=O) groups excluding carboxylic acids is 1. The lowest BCUT2D eigenvalue weighted by atomic mass is 10.0. The van der Waals surface area contributed by atoms with Crippen molar-refractivity contribution in [3.8, 4) is 17.1 Å². The van der Waals surface area contributed by atoms with Crippen LogP contribution in [0.3, 0.4) is 0 Å². The molecule has 10 nitrogen and oxygen atoms in total. The zero-order valence-electron chi connectivity index (χ0n) is 21.1. The standard InChI is InChI=1S/C27H26FN3O7S/c1-3-16-14-20-23(25(32)29-2)24(17-8-10-18(28)11-9-17)38-26(20)30-21(16)15-31(39(35)36)12-13-37-22-7-5-4-6-19(22)27(33)34/h4-11,14H,3,12-13,15H2,1-2H3,(H,29,32)(H,33,34)(H,35,36). The summed E-state index contributed by atoms with van der Waals surface area (Å²) in [7, 11) is 1.49. The van der Waals surface area contributed by atoms with E-state index >= 15 is 0 Å². The molecule has 1 unspecified atom stereocenters. The van der Waals surface area contributed by atoms with Crippen molar-refractivity contribution in [2.24, 2.45) is 0 Å². The van der Waals surface area contributed by atoms with E-state index in [9.17, 15) is 27.8 Å². The van der Waals surface area contributed by atoms with Crippen LogP contribution in [0, 0.1) is 5.82 Å². The molecule has 0 aliphatic rings. The number of aromatic nitrogens is 1. The molecule has 0 saturated carbocycles. The number of furan rings is 1. The lowest BCUT2D eigenvalue weighted by Crippen LogP contribution is -2.30. The summed E-state index contributed by atoms with van der Waals surface area (Å²) in [6.07, 6.45) is 0.511. The highest BCUT2D eigenvalue weighted by molar-refractivity contribution is 7.76. The van der Waals surface area contributed by atoms with Crippen LogP contribution >= 0.6 is 0 Å². The van der Waals surface area contributed by atoms with E-state index in [4.69, 9.17) is 9.15 Å². The largest absolute Gasteiger partial charge is 0.491 e. The van der Waals surface area contributed by atoms with Crippen molar-refractivity contribution in [1.82, 2.24) is 14.6 Å². The summed E-state index contributed by atoms with van der Waals surface area (Å²) in [5, 5.41) is 12.4. The molecule has 204 valence electrons. The fourth-order valence-electron chi connectivity index (χ4n) is 4.10. The highest BCUT2D eigenvalue weighted by Crippen LogP contribution is 2.34. The molecule has 2 aromatic heterocycles. The summed E-state index contributed by atoms with van der Waals surface area (Å²) in [4.78, 5) is 28.8. The fraction of sp³-hybridized carbons (Fsp3) is 0.222. The normalized spacial score (nSPS) is 12.0. The summed E-state index contributed by atoms with van der Waals surface area (Å²) in [5.74, 6) is -1.61. The van der Waals surface area contributed by atoms with E-state index < -0.39 is 29.0 Å². The average Bonchev–Trinajstić information content (AvgIpc) is 3.30. The van der Waals surface area contributed by atoms with Gasteiger partial charge in [0.25, 0.3) is 5.91 Å². The highest BCUT2D eigenvalue weighted by atomic mass is 32.2. The van der Waals surface area contributed by atoms with Gasteiger partial charge in [-0.1, -0.05) is 19.1 Å². The molecule has 4 aromatic rings. The molecule has 39 heavy (non-hydrogen) atoms. The maximum atomic E-state index is 13.5. The number of pyridine rings is 1. The van der Waals surface area contributed by atoms with Gasteiger partial charge in [-0.15, -0.1) is 0 Å². The molecular weight excluding hydrogens is 529 g/mol. The van der Waals surface area contributed by atoms with Gasteiger partial charge in [0, 0.05) is 19.2 Å². The number of carboxylic acids is 1. The second-order valence-electron chi connectivity index (χ2n) is 8.44. The number of ether oxygens (including phenoxy) is 1. The zero-order valence-corrected chi connectivity index (χ0v) is 22.0. The van der Waals surface area contributed by atoms with E-state index in [1.165, 1.54) is 47.8 Å². The lowest BCUT2D eigenvalue weighted by Gasteiger charge is -2.19. The number of nitrogens with zero attached hydrogens (tertiary/aromatic N) is 2. The smallest absolute Gasteiger partial charge is 0.339 e. The Balaban J connectivity index is 1.65. The summed E-state index contributed by atoms with van der Waals surface area (Å²) in [6, 6.07) is 13.4. The number of hydrogen-bond acceptors (Lipinski definition) is 6. The summed E-state index contributed by atoms with van der Waals surface area (Å²) < 4.78 is 48.3. The van der Waals surface area contributed by atoms with E-state index in [-0.39, 0.29) is 48.0 Å². The zero-order chi connectivity index (χ0) is 28.1. The van der Waals surface area contributed by atoms with Crippen LogP contribution in [-0.2, 0) is 24.2 Å². The molecule has 0 aliphatic heterocycles. The molecule has 4 rings (SSSR count). The van der Waals surface area contributed by atoms with Gasteiger partial charge in [0.05, 0.1) is 23.2 Å². The summed E-state index contributed by atoms with van der Waals surface area (Å²) in [6.45, 7) is 1.77. The minimum absolute atomic E-state index is 0.0115. The number of amides is 1. The Hall–Kier alpha value is -4.13. The van der Waals surface area contributed by atoms with Crippen molar-refractivity contribution in [2.45, 2.75) is 19.9 Å². The first-order valence-electron chi connectivity index (χ1n) is 12.0. The maximum Gasteiger partial charge on any atom is 0.339 e. The topological polar surface area (TPSA) is 142 Å². The van der Waals surface area contributed by atoms with Crippen molar-refractivity contribution in [3.05, 3.63) is 82.8 Å². The molecule has 0 aliphatic carbocycles.